The summed E-state index contributed by atoms with van der Waals surface area (Å²) in [6.45, 7) is 3.53. The molecule has 0 radical (unpaired) electrons. The van der Waals surface area contributed by atoms with Gasteiger partial charge in [-0.05, 0) is 55.3 Å². The molecule has 202 valence electrons. The number of halogens is 2. The molecule has 3 amide bonds. The number of amides is 3. The SMILES string of the molecule is C=CC(=O)Nc1ccc(S(=O)(=O)N2CCCC(=NC(=O)c3[nH]ncc3NC(=O)c3c(Cl)cccc3Cl)C2)cc1. The highest BCUT2D eigenvalue weighted by molar-refractivity contribution is 7.89. The van der Waals surface area contributed by atoms with Gasteiger partial charge in [-0.25, -0.2) is 13.4 Å². The van der Waals surface area contributed by atoms with Gasteiger partial charge >= 0.3 is 0 Å². The highest BCUT2D eigenvalue weighted by atomic mass is 35.5. The number of nitrogens with one attached hydrogen (secondary N) is 3. The molecule has 11 nitrogen and oxygen atoms in total. The van der Waals surface area contributed by atoms with Gasteiger partial charge in [0.15, 0.2) is 0 Å². The van der Waals surface area contributed by atoms with E-state index < -0.39 is 27.7 Å². The monoisotopic (exact) mass is 588 g/mol. The molecule has 1 aliphatic rings. The van der Waals surface area contributed by atoms with Gasteiger partial charge in [-0.1, -0.05) is 35.8 Å². The fraction of sp³-hybridized carbons (Fsp3) is 0.160. The van der Waals surface area contributed by atoms with Crippen molar-refractivity contribution in [2.75, 3.05) is 23.7 Å². The van der Waals surface area contributed by atoms with Gasteiger partial charge in [0, 0.05) is 17.9 Å². The first-order chi connectivity index (χ1) is 18.6. The Hall–Kier alpha value is -3.84. The van der Waals surface area contributed by atoms with E-state index in [9.17, 15) is 22.8 Å². The van der Waals surface area contributed by atoms with Crippen LogP contribution in [-0.2, 0) is 14.8 Å². The number of H-pyrrole nitrogens is 1. The predicted molar refractivity (Wildman–Crippen MR) is 148 cm³/mol. The van der Waals surface area contributed by atoms with Gasteiger partial charge < -0.3 is 10.6 Å². The number of aromatic amines is 1. The maximum Gasteiger partial charge on any atom is 0.297 e. The van der Waals surface area contributed by atoms with Crippen LogP contribution in [-0.4, -0.2) is 59.4 Å². The maximum absolute atomic E-state index is 13.2. The Balaban J connectivity index is 1.48. The molecule has 2 aromatic carbocycles. The molecule has 1 saturated heterocycles. The summed E-state index contributed by atoms with van der Waals surface area (Å²) < 4.78 is 27.6. The number of hydrogen-bond donors (Lipinski definition) is 3. The highest BCUT2D eigenvalue weighted by Gasteiger charge is 2.29. The molecule has 4 rings (SSSR count). The minimum Gasteiger partial charge on any atom is -0.323 e. The number of nitrogens with zero attached hydrogens (tertiary/aromatic N) is 3. The highest BCUT2D eigenvalue weighted by Crippen LogP contribution is 2.26. The lowest BCUT2D eigenvalue weighted by Crippen LogP contribution is -2.40. The minimum absolute atomic E-state index is 0.0310. The zero-order valence-electron chi connectivity index (χ0n) is 20.3. The molecule has 1 aromatic heterocycles. The Kier molecular flexibility index (Phi) is 8.60. The quantitative estimate of drug-likeness (QED) is 0.352. The van der Waals surface area contributed by atoms with E-state index in [2.05, 4.69) is 32.4 Å². The third kappa shape index (κ3) is 6.42. The molecule has 2 heterocycles. The van der Waals surface area contributed by atoms with Crippen molar-refractivity contribution in [2.45, 2.75) is 17.7 Å². The molecule has 14 heteroatoms. The van der Waals surface area contributed by atoms with Crippen LogP contribution >= 0.6 is 23.2 Å². The number of carbonyl (C=O) groups excluding carboxylic acids is 3. The third-order valence-electron chi connectivity index (χ3n) is 5.73. The summed E-state index contributed by atoms with van der Waals surface area (Å²) in [6, 6.07) is 10.3. The molecule has 0 bridgehead atoms. The second kappa shape index (κ2) is 11.9. The Morgan fingerprint density at radius 2 is 1.77 bits per heavy atom. The predicted octanol–water partition coefficient (Wildman–Crippen LogP) is 4.16. The van der Waals surface area contributed by atoms with E-state index in [1.54, 1.807) is 6.07 Å². The van der Waals surface area contributed by atoms with Crippen molar-refractivity contribution in [3.63, 3.8) is 0 Å². The van der Waals surface area contributed by atoms with Crippen LogP contribution in [0.2, 0.25) is 10.0 Å². The number of aliphatic imine (C=N–C) groups is 1. The molecule has 0 unspecified atom stereocenters. The normalized spacial score (nSPS) is 15.1. The summed E-state index contributed by atoms with van der Waals surface area (Å²) in [4.78, 5) is 41.3. The van der Waals surface area contributed by atoms with E-state index in [0.29, 0.717) is 24.2 Å². The second-order valence-corrected chi connectivity index (χ2v) is 11.1. The van der Waals surface area contributed by atoms with E-state index in [0.717, 1.165) is 6.08 Å². The van der Waals surface area contributed by atoms with Crippen molar-refractivity contribution >= 4 is 68.0 Å². The van der Waals surface area contributed by atoms with Gasteiger partial charge in [-0.3, -0.25) is 19.5 Å². The van der Waals surface area contributed by atoms with Crippen LogP contribution in [0, 0.1) is 0 Å². The zero-order chi connectivity index (χ0) is 28.2. The van der Waals surface area contributed by atoms with Crippen molar-refractivity contribution in [1.29, 1.82) is 0 Å². The molecule has 1 aliphatic heterocycles. The number of hydrogen-bond acceptors (Lipinski definition) is 6. The first kappa shape index (κ1) is 28.2. The number of anilines is 2. The van der Waals surface area contributed by atoms with Crippen molar-refractivity contribution in [2.24, 2.45) is 4.99 Å². The van der Waals surface area contributed by atoms with Crippen LogP contribution in [0.3, 0.4) is 0 Å². The van der Waals surface area contributed by atoms with E-state index in [1.165, 1.54) is 46.9 Å². The molecule has 39 heavy (non-hydrogen) atoms. The maximum atomic E-state index is 13.2. The smallest absolute Gasteiger partial charge is 0.297 e. The summed E-state index contributed by atoms with van der Waals surface area (Å²) >= 11 is 12.2. The molecular weight excluding hydrogens is 567 g/mol. The summed E-state index contributed by atoms with van der Waals surface area (Å²) in [5.41, 5.74) is 0.789. The first-order valence-electron chi connectivity index (χ1n) is 11.5. The lowest BCUT2D eigenvalue weighted by Gasteiger charge is -2.27. The zero-order valence-corrected chi connectivity index (χ0v) is 22.6. The van der Waals surface area contributed by atoms with Crippen LogP contribution < -0.4 is 10.6 Å². The van der Waals surface area contributed by atoms with Gasteiger partial charge in [0.2, 0.25) is 15.9 Å². The van der Waals surface area contributed by atoms with Crippen LogP contribution in [0.1, 0.15) is 33.7 Å². The Labute approximate surface area is 234 Å². The summed E-state index contributed by atoms with van der Waals surface area (Å²) in [7, 11) is -3.89. The molecule has 0 spiro atoms. The molecule has 3 aromatic rings. The van der Waals surface area contributed by atoms with Crippen molar-refractivity contribution < 1.29 is 22.8 Å². The molecule has 0 atom stereocenters. The van der Waals surface area contributed by atoms with Crippen LogP contribution in [0.4, 0.5) is 11.4 Å². The molecule has 3 N–H and O–H groups in total. The minimum atomic E-state index is -3.89. The number of benzene rings is 2. The summed E-state index contributed by atoms with van der Waals surface area (Å²) in [6.07, 6.45) is 3.22. The Morgan fingerprint density at radius 3 is 2.44 bits per heavy atom. The fourth-order valence-corrected chi connectivity index (χ4v) is 5.85. The largest absolute Gasteiger partial charge is 0.323 e. The first-order valence-corrected chi connectivity index (χ1v) is 13.7. The summed E-state index contributed by atoms with van der Waals surface area (Å²) in [5.74, 6) is -1.79. The number of sulfonamides is 1. The standard InChI is InChI=1S/C25H22Cl2N6O5S/c1-2-21(34)29-15-8-10-17(11-9-15)39(37,38)33-12-4-5-16(14-33)30-25(36)23-20(13-28-32-23)31-24(35)22-18(26)6-3-7-19(22)27/h2-3,6-11,13H,1,4-5,12,14H2,(H,28,32)(H,29,34)(H,31,35). The van der Waals surface area contributed by atoms with Crippen molar-refractivity contribution in [1.82, 2.24) is 14.5 Å². The van der Waals surface area contributed by atoms with Crippen molar-refractivity contribution in [3.05, 3.63) is 82.6 Å². The molecular formula is C25H22Cl2N6O5S. The molecule has 0 saturated carbocycles. The van der Waals surface area contributed by atoms with E-state index in [4.69, 9.17) is 23.2 Å². The third-order valence-corrected chi connectivity index (χ3v) is 8.22. The van der Waals surface area contributed by atoms with Gasteiger partial charge in [-0.2, -0.15) is 9.40 Å². The average Bonchev–Trinajstić information content (AvgIpc) is 3.37. The van der Waals surface area contributed by atoms with Crippen molar-refractivity contribution in [3.8, 4) is 0 Å². The second-order valence-electron chi connectivity index (χ2n) is 8.35. The topological polar surface area (TPSA) is 154 Å². The van der Waals surface area contributed by atoms with Gasteiger partial charge in [0.05, 0.1) is 38.9 Å². The van der Waals surface area contributed by atoms with E-state index >= 15 is 0 Å². The summed E-state index contributed by atoms with van der Waals surface area (Å²) in [5, 5.41) is 11.7. The van der Waals surface area contributed by atoms with Gasteiger partial charge in [-0.15, -0.1) is 0 Å². The Morgan fingerprint density at radius 1 is 1.08 bits per heavy atom. The van der Waals surface area contributed by atoms with Gasteiger partial charge in [0.25, 0.3) is 11.8 Å². The molecule has 1 fully saturated rings. The fourth-order valence-electron chi connectivity index (χ4n) is 3.81. The number of piperidine rings is 1. The number of rotatable bonds is 7. The lowest BCUT2D eigenvalue weighted by molar-refractivity contribution is -0.111. The van der Waals surface area contributed by atoms with E-state index in [1.807, 2.05) is 0 Å². The van der Waals surface area contributed by atoms with Crippen LogP contribution in [0.5, 0.6) is 0 Å². The van der Waals surface area contributed by atoms with Crippen LogP contribution in [0.15, 0.2) is 71.2 Å². The number of aromatic nitrogens is 2. The van der Waals surface area contributed by atoms with Crippen LogP contribution in [0.25, 0.3) is 0 Å². The number of carbonyl (C=O) groups is 3. The van der Waals surface area contributed by atoms with E-state index in [-0.39, 0.29) is 45.0 Å². The Bertz CT molecular complexity index is 1560. The lowest BCUT2D eigenvalue weighted by atomic mass is 10.1. The molecule has 0 aliphatic carbocycles. The van der Waals surface area contributed by atoms with Gasteiger partial charge in [0.1, 0.15) is 5.69 Å². The average molecular weight is 589 g/mol.